The molecule has 0 aromatic heterocycles. The second-order valence-corrected chi connectivity index (χ2v) is 7.68. The van der Waals surface area contributed by atoms with Crippen molar-refractivity contribution < 1.29 is 29.0 Å². The topological polar surface area (TPSA) is 113 Å². The van der Waals surface area contributed by atoms with Crippen molar-refractivity contribution >= 4 is 47.2 Å². The molecule has 1 saturated heterocycles. The van der Waals surface area contributed by atoms with Crippen LogP contribution in [0.15, 0.2) is 78.4 Å². The summed E-state index contributed by atoms with van der Waals surface area (Å²) in [7, 11) is 0. The second-order valence-electron chi connectivity index (χ2n) is 7.27. The number of anilines is 1. The number of aromatic carboxylic acids is 1. The molecule has 1 aliphatic rings. The predicted molar refractivity (Wildman–Crippen MR) is 125 cm³/mol. The van der Waals surface area contributed by atoms with Crippen LogP contribution in [0.1, 0.15) is 21.5 Å². The van der Waals surface area contributed by atoms with Gasteiger partial charge < -0.3 is 9.84 Å². The maximum Gasteiger partial charge on any atom is 0.335 e. The number of imide groups is 2. The Bertz CT molecular complexity index is 1330. The van der Waals surface area contributed by atoms with E-state index < -0.39 is 23.8 Å². The maximum absolute atomic E-state index is 13.0. The molecule has 1 fully saturated rings. The van der Waals surface area contributed by atoms with Gasteiger partial charge >= 0.3 is 12.0 Å². The summed E-state index contributed by atoms with van der Waals surface area (Å²) in [6.07, 6.45) is 1.36. The quantitative estimate of drug-likeness (QED) is 0.405. The van der Waals surface area contributed by atoms with Crippen LogP contribution in [-0.4, -0.2) is 28.9 Å². The minimum absolute atomic E-state index is 0.163. The molecule has 34 heavy (non-hydrogen) atoms. The number of barbiturate groups is 1. The molecule has 1 heterocycles. The minimum atomic E-state index is -1.01. The lowest BCUT2D eigenvalue weighted by atomic mass is 10.1. The minimum Gasteiger partial charge on any atom is -0.489 e. The first-order valence-corrected chi connectivity index (χ1v) is 10.4. The molecule has 0 spiro atoms. The largest absolute Gasteiger partial charge is 0.489 e. The third-order valence-electron chi connectivity index (χ3n) is 4.97. The van der Waals surface area contributed by atoms with Crippen LogP contribution in [0, 0.1) is 0 Å². The zero-order valence-corrected chi connectivity index (χ0v) is 18.3. The molecule has 0 radical (unpaired) electrons. The first-order chi connectivity index (χ1) is 16.3. The van der Waals surface area contributed by atoms with Crippen molar-refractivity contribution in [1.82, 2.24) is 5.32 Å². The first kappa shape index (κ1) is 22.8. The summed E-state index contributed by atoms with van der Waals surface area (Å²) in [5.74, 6) is -2.15. The van der Waals surface area contributed by atoms with Crippen molar-refractivity contribution in [1.29, 1.82) is 0 Å². The highest BCUT2D eigenvalue weighted by Gasteiger charge is 2.37. The fourth-order valence-electron chi connectivity index (χ4n) is 3.28. The standard InChI is InChI=1S/C25H17ClN2O6/c26-20-6-1-2-7-21(20)28-23(30)19(22(29)27-25(28)33)13-16-4-3-5-18(12-16)34-14-15-8-10-17(11-9-15)24(31)32/h1-13H,14H2,(H,31,32)(H,27,29,33)/b19-13-. The highest BCUT2D eigenvalue weighted by atomic mass is 35.5. The Morgan fingerprint density at radius 3 is 2.44 bits per heavy atom. The lowest BCUT2D eigenvalue weighted by Crippen LogP contribution is -2.54. The molecule has 0 atom stereocenters. The van der Waals surface area contributed by atoms with Gasteiger partial charge in [0.15, 0.2) is 0 Å². The number of rotatable bonds is 6. The molecule has 9 heteroatoms. The Hall–Kier alpha value is -4.43. The number of hydrogen-bond donors (Lipinski definition) is 2. The summed E-state index contributed by atoms with van der Waals surface area (Å²) in [5.41, 5.74) is 1.38. The fraction of sp³-hybridized carbons (Fsp3) is 0.0400. The molecule has 0 saturated carbocycles. The molecule has 0 unspecified atom stereocenters. The predicted octanol–water partition coefficient (Wildman–Crippen LogP) is 4.28. The summed E-state index contributed by atoms with van der Waals surface area (Å²) < 4.78 is 5.75. The van der Waals surface area contributed by atoms with Gasteiger partial charge in [-0.1, -0.05) is 48.0 Å². The van der Waals surface area contributed by atoms with E-state index in [1.54, 1.807) is 48.5 Å². The molecule has 170 valence electrons. The number of carbonyl (C=O) groups is 4. The highest BCUT2D eigenvalue weighted by Crippen LogP contribution is 2.29. The molecule has 8 nitrogen and oxygen atoms in total. The van der Waals surface area contributed by atoms with Crippen molar-refractivity contribution in [3.63, 3.8) is 0 Å². The number of hydrogen-bond acceptors (Lipinski definition) is 5. The summed E-state index contributed by atoms with van der Waals surface area (Å²) in [6, 6.07) is 18.4. The van der Waals surface area contributed by atoms with E-state index in [0.29, 0.717) is 11.3 Å². The SMILES string of the molecule is O=C1NC(=O)N(c2ccccc2Cl)C(=O)/C1=C\c1cccc(OCc2ccc(C(=O)O)cc2)c1. The molecule has 0 bridgehead atoms. The van der Waals surface area contributed by atoms with Crippen LogP contribution < -0.4 is 15.0 Å². The van der Waals surface area contributed by atoms with Gasteiger partial charge in [0, 0.05) is 0 Å². The zero-order valence-electron chi connectivity index (χ0n) is 17.5. The molecular formula is C25H17ClN2O6. The van der Waals surface area contributed by atoms with Crippen molar-refractivity contribution in [2.24, 2.45) is 0 Å². The molecule has 0 aliphatic carbocycles. The van der Waals surface area contributed by atoms with E-state index in [-0.39, 0.29) is 28.5 Å². The Kier molecular flexibility index (Phi) is 6.42. The number of carboxylic acids is 1. The van der Waals surface area contributed by atoms with Crippen LogP contribution in [-0.2, 0) is 16.2 Å². The Morgan fingerprint density at radius 2 is 1.74 bits per heavy atom. The van der Waals surface area contributed by atoms with E-state index >= 15 is 0 Å². The summed E-state index contributed by atoms with van der Waals surface area (Å²) in [5, 5.41) is 11.3. The second kappa shape index (κ2) is 9.60. The van der Waals surface area contributed by atoms with Crippen LogP contribution in [0.4, 0.5) is 10.5 Å². The van der Waals surface area contributed by atoms with E-state index in [0.717, 1.165) is 10.5 Å². The average Bonchev–Trinajstić information content (AvgIpc) is 2.82. The third kappa shape index (κ3) is 4.82. The van der Waals surface area contributed by atoms with Gasteiger partial charge in [-0.3, -0.25) is 14.9 Å². The number of benzene rings is 3. The Labute approximate surface area is 199 Å². The zero-order chi connectivity index (χ0) is 24.2. The van der Waals surface area contributed by atoms with E-state index in [2.05, 4.69) is 5.32 Å². The van der Waals surface area contributed by atoms with Gasteiger partial charge in [0.25, 0.3) is 11.8 Å². The van der Waals surface area contributed by atoms with Gasteiger partial charge in [-0.15, -0.1) is 0 Å². The van der Waals surface area contributed by atoms with Gasteiger partial charge in [0.2, 0.25) is 0 Å². The Morgan fingerprint density at radius 1 is 1.00 bits per heavy atom. The Balaban J connectivity index is 1.55. The van der Waals surface area contributed by atoms with Gasteiger partial charge in [-0.05, 0) is 53.6 Å². The number of amides is 4. The summed E-state index contributed by atoms with van der Waals surface area (Å²) >= 11 is 6.14. The lowest BCUT2D eigenvalue weighted by molar-refractivity contribution is -0.122. The van der Waals surface area contributed by atoms with Crippen LogP contribution in [0.5, 0.6) is 5.75 Å². The van der Waals surface area contributed by atoms with Crippen LogP contribution in [0.3, 0.4) is 0 Å². The smallest absolute Gasteiger partial charge is 0.335 e. The van der Waals surface area contributed by atoms with Crippen molar-refractivity contribution in [3.8, 4) is 5.75 Å². The van der Waals surface area contributed by atoms with Crippen LogP contribution in [0.25, 0.3) is 6.08 Å². The van der Waals surface area contributed by atoms with Gasteiger partial charge in [0.1, 0.15) is 17.9 Å². The van der Waals surface area contributed by atoms with E-state index in [1.807, 2.05) is 0 Å². The highest BCUT2D eigenvalue weighted by molar-refractivity contribution is 6.42. The fourth-order valence-corrected chi connectivity index (χ4v) is 3.50. The monoisotopic (exact) mass is 476 g/mol. The molecule has 2 N–H and O–H groups in total. The van der Waals surface area contributed by atoms with Crippen LogP contribution in [0.2, 0.25) is 5.02 Å². The van der Waals surface area contributed by atoms with E-state index in [1.165, 1.54) is 30.3 Å². The number of carboxylic acid groups (broad SMARTS) is 1. The number of carbonyl (C=O) groups excluding carboxylic acids is 3. The number of nitrogens with zero attached hydrogens (tertiary/aromatic N) is 1. The van der Waals surface area contributed by atoms with Crippen LogP contribution >= 0.6 is 11.6 Å². The normalized spacial score (nSPS) is 14.8. The van der Waals surface area contributed by atoms with E-state index in [9.17, 15) is 19.2 Å². The summed E-state index contributed by atoms with van der Waals surface area (Å²) in [6.45, 7) is 0.189. The number of urea groups is 1. The molecule has 4 rings (SSSR count). The number of ether oxygens (including phenoxy) is 1. The number of halogens is 1. The molecule has 3 aromatic rings. The maximum atomic E-state index is 13.0. The molecule has 3 aromatic carbocycles. The van der Waals surface area contributed by atoms with Crippen molar-refractivity contribution in [2.45, 2.75) is 6.61 Å². The molecule has 4 amide bonds. The van der Waals surface area contributed by atoms with E-state index in [4.69, 9.17) is 21.4 Å². The molecule has 1 aliphatic heterocycles. The van der Waals surface area contributed by atoms with Crippen molar-refractivity contribution in [2.75, 3.05) is 4.90 Å². The van der Waals surface area contributed by atoms with Gasteiger partial charge in [0.05, 0.1) is 16.3 Å². The van der Waals surface area contributed by atoms with Crippen molar-refractivity contribution in [3.05, 3.63) is 100 Å². The molecular weight excluding hydrogens is 460 g/mol. The van der Waals surface area contributed by atoms with Gasteiger partial charge in [-0.2, -0.15) is 0 Å². The summed E-state index contributed by atoms with van der Waals surface area (Å²) in [4.78, 5) is 49.5. The average molecular weight is 477 g/mol. The lowest BCUT2D eigenvalue weighted by Gasteiger charge is -2.27. The number of nitrogens with one attached hydrogen (secondary N) is 1. The number of para-hydroxylation sites is 1. The third-order valence-corrected chi connectivity index (χ3v) is 5.29. The first-order valence-electron chi connectivity index (χ1n) is 10.0. The van der Waals surface area contributed by atoms with Gasteiger partial charge in [-0.25, -0.2) is 14.5 Å².